The molecule has 2 heterocycles. The molecule has 1 atom stereocenters. The van der Waals surface area contributed by atoms with Gasteiger partial charge in [0, 0.05) is 12.2 Å². The van der Waals surface area contributed by atoms with Crippen LogP contribution in [-0.4, -0.2) is 37.5 Å². The fourth-order valence-electron chi connectivity index (χ4n) is 2.42. The second-order valence-corrected chi connectivity index (χ2v) is 7.32. The number of benzene rings is 1. The lowest BCUT2D eigenvalue weighted by atomic mass is 10.3. The van der Waals surface area contributed by atoms with Crippen molar-refractivity contribution in [2.24, 2.45) is 0 Å². The van der Waals surface area contributed by atoms with E-state index in [9.17, 15) is 4.79 Å². The third kappa shape index (κ3) is 4.67. The number of hydrogen-bond donors (Lipinski definition) is 1. The van der Waals surface area contributed by atoms with E-state index in [1.807, 2.05) is 60.9 Å². The van der Waals surface area contributed by atoms with E-state index in [0.29, 0.717) is 21.7 Å². The van der Waals surface area contributed by atoms with Gasteiger partial charge in [-0.1, -0.05) is 48.5 Å². The van der Waals surface area contributed by atoms with Crippen molar-refractivity contribution in [2.45, 2.75) is 31.5 Å². The maximum absolute atomic E-state index is 12.1. The van der Waals surface area contributed by atoms with E-state index in [1.165, 1.54) is 11.8 Å². The Hall–Kier alpha value is -2.38. The van der Waals surface area contributed by atoms with E-state index >= 15 is 0 Å². The molecule has 0 saturated carbocycles. The average Bonchev–Trinajstić information content (AvgIpc) is 3.11. The molecule has 6 nitrogen and oxygen atoms in total. The third-order valence-electron chi connectivity index (χ3n) is 3.97. The maximum Gasteiger partial charge on any atom is 0.230 e. The molecular weight excluding hydrogens is 382 g/mol. The molecule has 0 fully saturated rings. The van der Waals surface area contributed by atoms with Crippen LogP contribution >= 0.6 is 23.4 Å². The molecule has 3 rings (SSSR count). The number of nitrogens with one attached hydrogen (secondary N) is 1. The number of thioether (sulfide) groups is 1. The standard InChI is InChI=1S/C19H20ClN5OS/c1-3-13(2)22-17(26)12-27-19-24-23-18(15-9-6-7-11-21-15)25(19)16-10-5-4-8-14(16)20/h4-11,13H,3,12H2,1-2H3,(H,22,26). The SMILES string of the molecule is CCC(C)NC(=O)CSc1nnc(-c2ccccn2)n1-c1ccccc1Cl. The summed E-state index contributed by atoms with van der Waals surface area (Å²) in [5.41, 5.74) is 1.43. The largest absolute Gasteiger partial charge is 0.353 e. The van der Waals surface area contributed by atoms with Crippen molar-refractivity contribution in [3.05, 3.63) is 53.7 Å². The van der Waals surface area contributed by atoms with Gasteiger partial charge in [-0.15, -0.1) is 10.2 Å². The third-order valence-corrected chi connectivity index (χ3v) is 5.22. The van der Waals surface area contributed by atoms with Crippen LogP contribution < -0.4 is 5.32 Å². The van der Waals surface area contributed by atoms with E-state index in [4.69, 9.17) is 11.6 Å². The molecule has 0 aliphatic carbocycles. The lowest BCUT2D eigenvalue weighted by molar-refractivity contribution is -0.119. The minimum Gasteiger partial charge on any atom is -0.353 e. The van der Waals surface area contributed by atoms with Gasteiger partial charge in [0.2, 0.25) is 5.91 Å². The molecule has 0 radical (unpaired) electrons. The highest BCUT2D eigenvalue weighted by Crippen LogP contribution is 2.30. The minimum atomic E-state index is -0.0394. The van der Waals surface area contributed by atoms with Crippen molar-refractivity contribution < 1.29 is 4.79 Å². The first-order valence-electron chi connectivity index (χ1n) is 8.64. The maximum atomic E-state index is 12.1. The number of pyridine rings is 1. The number of aromatic nitrogens is 4. The van der Waals surface area contributed by atoms with Gasteiger partial charge < -0.3 is 5.32 Å². The van der Waals surface area contributed by atoms with Crippen LogP contribution in [-0.2, 0) is 4.79 Å². The molecule has 0 saturated heterocycles. The van der Waals surface area contributed by atoms with Crippen LogP contribution in [0.4, 0.5) is 0 Å². The van der Waals surface area contributed by atoms with Gasteiger partial charge in [0.15, 0.2) is 11.0 Å². The molecule has 1 N–H and O–H groups in total. The van der Waals surface area contributed by atoms with Crippen molar-refractivity contribution >= 4 is 29.3 Å². The summed E-state index contributed by atoms with van der Waals surface area (Å²) in [4.78, 5) is 16.5. The molecule has 3 aromatic rings. The van der Waals surface area contributed by atoms with E-state index in [0.717, 1.165) is 12.1 Å². The van der Waals surface area contributed by atoms with Crippen LogP contribution in [0, 0.1) is 0 Å². The molecule has 2 aromatic heterocycles. The summed E-state index contributed by atoms with van der Waals surface area (Å²) >= 11 is 7.73. The number of carbonyl (C=O) groups is 1. The second kappa shape index (κ2) is 9.01. The van der Waals surface area contributed by atoms with Gasteiger partial charge in [-0.05, 0) is 37.6 Å². The summed E-state index contributed by atoms with van der Waals surface area (Å²) in [5.74, 6) is 0.783. The fraction of sp³-hybridized carbons (Fsp3) is 0.263. The number of hydrogen-bond acceptors (Lipinski definition) is 5. The Morgan fingerprint density at radius 1 is 1.22 bits per heavy atom. The molecule has 1 amide bonds. The first kappa shape index (κ1) is 19.4. The van der Waals surface area contributed by atoms with Gasteiger partial charge in [-0.2, -0.15) is 0 Å². The Balaban J connectivity index is 1.94. The quantitative estimate of drug-likeness (QED) is 0.606. The van der Waals surface area contributed by atoms with Crippen LogP contribution in [0.5, 0.6) is 0 Å². The van der Waals surface area contributed by atoms with Gasteiger partial charge in [0.25, 0.3) is 0 Å². The summed E-state index contributed by atoms with van der Waals surface area (Å²) in [6, 6.07) is 13.2. The molecule has 1 aromatic carbocycles. The van der Waals surface area contributed by atoms with Gasteiger partial charge in [0.1, 0.15) is 5.69 Å². The molecule has 0 spiro atoms. The molecule has 0 aliphatic heterocycles. The number of amides is 1. The Labute approximate surface area is 167 Å². The van der Waals surface area contributed by atoms with Gasteiger partial charge in [0.05, 0.1) is 16.5 Å². The van der Waals surface area contributed by atoms with Crippen LogP contribution in [0.3, 0.4) is 0 Å². The molecule has 27 heavy (non-hydrogen) atoms. The van der Waals surface area contributed by atoms with Crippen LogP contribution in [0.15, 0.2) is 53.8 Å². The van der Waals surface area contributed by atoms with E-state index in [1.54, 1.807) is 6.20 Å². The van der Waals surface area contributed by atoms with E-state index < -0.39 is 0 Å². The predicted octanol–water partition coefficient (Wildman–Crippen LogP) is 3.99. The monoisotopic (exact) mass is 401 g/mol. The second-order valence-electron chi connectivity index (χ2n) is 5.97. The Morgan fingerprint density at radius 2 is 2.00 bits per heavy atom. The summed E-state index contributed by atoms with van der Waals surface area (Å²) in [6.45, 7) is 4.01. The van der Waals surface area contributed by atoms with Crippen LogP contribution in [0.25, 0.3) is 17.2 Å². The Bertz CT molecular complexity index is 915. The Morgan fingerprint density at radius 3 is 2.70 bits per heavy atom. The smallest absolute Gasteiger partial charge is 0.230 e. The van der Waals surface area contributed by atoms with Crippen molar-refractivity contribution in [1.82, 2.24) is 25.1 Å². The number of halogens is 1. The zero-order chi connectivity index (χ0) is 19.2. The first-order valence-corrected chi connectivity index (χ1v) is 10.0. The summed E-state index contributed by atoms with van der Waals surface area (Å²) in [5, 5.41) is 12.7. The van der Waals surface area contributed by atoms with E-state index in [-0.39, 0.29) is 17.7 Å². The van der Waals surface area contributed by atoms with E-state index in [2.05, 4.69) is 20.5 Å². The predicted molar refractivity (Wildman–Crippen MR) is 108 cm³/mol. The van der Waals surface area contributed by atoms with Crippen molar-refractivity contribution in [1.29, 1.82) is 0 Å². The number of rotatable bonds is 7. The summed E-state index contributed by atoms with van der Waals surface area (Å²) < 4.78 is 1.84. The molecule has 1 unspecified atom stereocenters. The molecular formula is C19H20ClN5OS. The number of para-hydroxylation sites is 1. The van der Waals surface area contributed by atoms with Crippen molar-refractivity contribution in [3.63, 3.8) is 0 Å². The van der Waals surface area contributed by atoms with Crippen molar-refractivity contribution in [2.75, 3.05) is 5.75 Å². The zero-order valence-electron chi connectivity index (χ0n) is 15.1. The normalized spacial score (nSPS) is 12.0. The summed E-state index contributed by atoms with van der Waals surface area (Å²) in [6.07, 6.45) is 2.59. The lowest BCUT2D eigenvalue weighted by Crippen LogP contribution is -2.33. The highest BCUT2D eigenvalue weighted by atomic mass is 35.5. The topological polar surface area (TPSA) is 72.7 Å². The van der Waals surface area contributed by atoms with Gasteiger partial charge in [-0.25, -0.2) is 0 Å². The average molecular weight is 402 g/mol. The van der Waals surface area contributed by atoms with Crippen molar-refractivity contribution in [3.8, 4) is 17.2 Å². The highest BCUT2D eigenvalue weighted by molar-refractivity contribution is 7.99. The number of carbonyl (C=O) groups excluding carboxylic acids is 1. The molecule has 0 bridgehead atoms. The van der Waals surface area contributed by atoms with Gasteiger partial charge >= 0.3 is 0 Å². The number of nitrogens with zero attached hydrogens (tertiary/aromatic N) is 4. The molecule has 0 aliphatic rings. The zero-order valence-corrected chi connectivity index (χ0v) is 16.7. The Kier molecular flexibility index (Phi) is 6.47. The molecule has 140 valence electrons. The highest BCUT2D eigenvalue weighted by Gasteiger charge is 2.19. The van der Waals surface area contributed by atoms with Crippen LogP contribution in [0.2, 0.25) is 5.02 Å². The van der Waals surface area contributed by atoms with Gasteiger partial charge in [-0.3, -0.25) is 14.3 Å². The first-order chi connectivity index (χ1) is 13.1. The molecule has 8 heteroatoms. The van der Waals surface area contributed by atoms with Crippen LogP contribution in [0.1, 0.15) is 20.3 Å². The summed E-state index contributed by atoms with van der Waals surface area (Å²) in [7, 11) is 0. The lowest BCUT2D eigenvalue weighted by Gasteiger charge is -2.13. The minimum absolute atomic E-state index is 0.0394. The fourth-order valence-corrected chi connectivity index (χ4v) is 3.40.